The zero-order chi connectivity index (χ0) is 12.9. The predicted octanol–water partition coefficient (Wildman–Crippen LogP) is 2.70. The van der Waals surface area contributed by atoms with Gasteiger partial charge in [-0.15, -0.1) is 0 Å². The fourth-order valence-electron chi connectivity index (χ4n) is 3.50. The van der Waals surface area contributed by atoms with Crippen molar-refractivity contribution in [3.63, 3.8) is 0 Å². The van der Waals surface area contributed by atoms with E-state index in [4.69, 9.17) is 0 Å². The molecule has 1 atom stereocenters. The highest BCUT2D eigenvalue weighted by molar-refractivity contribution is 5.15. The van der Waals surface area contributed by atoms with Gasteiger partial charge < -0.3 is 4.90 Å². The molecule has 0 spiro atoms. The zero-order valence-corrected chi connectivity index (χ0v) is 11.8. The highest BCUT2D eigenvalue weighted by Gasteiger charge is 2.26. The van der Waals surface area contributed by atoms with E-state index >= 15 is 0 Å². The number of hydrogen-bond donors (Lipinski definition) is 0. The average molecular weight is 259 g/mol. The molecule has 1 unspecified atom stereocenters. The Morgan fingerprint density at radius 1 is 1.05 bits per heavy atom. The Kier molecular flexibility index (Phi) is 4.46. The second kappa shape index (κ2) is 6.49. The SMILES string of the molecule is c1cncc(C2CCCN2CCN2CCCCC2)c1. The first-order chi connectivity index (χ1) is 9.43. The van der Waals surface area contributed by atoms with E-state index in [0.717, 1.165) is 0 Å². The van der Waals surface area contributed by atoms with Gasteiger partial charge in [-0.05, 0) is 56.9 Å². The normalized spacial score (nSPS) is 25.8. The van der Waals surface area contributed by atoms with Gasteiger partial charge >= 0.3 is 0 Å². The van der Waals surface area contributed by atoms with Crippen molar-refractivity contribution in [3.05, 3.63) is 30.1 Å². The molecular formula is C16H25N3. The molecule has 0 saturated carbocycles. The third-order valence-electron chi connectivity index (χ3n) is 4.58. The molecule has 0 aromatic carbocycles. The van der Waals surface area contributed by atoms with Gasteiger partial charge in [0.15, 0.2) is 0 Å². The number of aromatic nitrogens is 1. The van der Waals surface area contributed by atoms with Crippen LogP contribution in [-0.2, 0) is 0 Å². The van der Waals surface area contributed by atoms with Gasteiger partial charge in [-0.2, -0.15) is 0 Å². The van der Waals surface area contributed by atoms with Crippen LogP contribution in [-0.4, -0.2) is 47.5 Å². The molecule has 3 rings (SSSR count). The minimum Gasteiger partial charge on any atom is -0.302 e. The van der Waals surface area contributed by atoms with Gasteiger partial charge in [0.2, 0.25) is 0 Å². The fraction of sp³-hybridized carbons (Fsp3) is 0.688. The number of nitrogens with zero attached hydrogens (tertiary/aromatic N) is 3. The monoisotopic (exact) mass is 259 g/mol. The summed E-state index contributed by atoms with van der Waals surface area (Å²) in [7, 11) is 0. The van der Waals surface area contributed by atoms with Gasteiger partial charge in [-0.25, -0.2) is 0 Å². The number of pyridine rings is 1. The first-order valence-corrected chi connectivity index (χ1v) is 7.80. The van der Waals surface area contributed by atoms with Gasteiger partial charge in [0.25, 0.3) is 0 Å². The molecule has 2 aliphatic heterocycles. The first-order valence-electron chi connectivity index (χ1n) is 7.80. The molecule has 0 radical (unpaired) electrons. The number of hydrogen-bond acceptors (Lipinski definition) is 3. The van der Waals surface area contributed by atoms with Crippen LogP contribution in [0.15, 0.2) is 24.5 Å². The molecule has 19 heavy (non-hydrogen) atoms. The van der Waals surface area contributed by atoms with Crippen LogP contribution in [0.2, 0.25) is 0 Å². The van der Waals surface area contributed by atoms with Crippen molar-refractivity contribution in [2.45, 2.75) is 38.1 Å². The van der Waals surface area contributed by atoms with E-state index in [1.54, 1.807) is 0 Å². The average Bonchev–Trinajstić information content (AvgIpc) is 2.95. The molecule has 3 heteroatoms. The van der Waals surface area contributed by atoms with Crippen LogP contribution in [0.3, 0.4) is 0 Å². The zero-order valence-electron chi connectivity index (χ0n) is 11.8. The van der Waals surface area contributed by atoms with E-state index in [1.807, 2.05) is 12.4 Å². The van der Waals surface area contributed by atoms with Gasteiger partial charge in [-0.3, -0.25) is 9.88 Å². The Morgan fingerprint density at radius 2 is 1.95 bits per heavy atom. The Bertz CT molecular complexity index is 373. The molecule has 2 fully saturated rings. The molecule has 104 valence electrons. The van der Waals surface area contributed by atoms with Gasteiger partial charge in [0, 0.05) is 31.5 Å². The highest BCUT2D eigenvalue weighted by atomic mass is 15.2. The maximum atomic E-state index is 4.28. The lowest BCUT2D eigenvalue weighted by atomic mass is 10.1. The predicted molar refractivity (Wildman–Crippen MR) is 78.1 cm³/mol. The number of likely N-dealkylation sites (tertiary alicyclic amines) is 2. The molecule has 3 heterocycles. The summed E-state index contributed by atoms with van der Waals surface area (Å²) in [4.78, 5) is 9.58. The summed E-state index contributed by atoms with van der Waals surface area (Å²) < 4.78 is 0. The standard InChI is InChI=1S/C16H25N3/c1-2-9-18(10-3-1)12-13-19-11-5-7-16(19)15-6-4-8-17-14-15/h4,6,8,14,16H,1-3,5,7,9-13H2. The van der Waals surface area contributed by atoms with Crippen molar-refractivity contribution < 1.29 is 0 Å². The molecule has 0 amide bonds. The summed E-state index contributed by atoms with van der Waals surface area (Å²) in [5.74, 6) is 0. The molecule has 1 aromatic rings. The Labute approximate surface area is 116 Å². The molecule has 2 saturated heterocycles. The lowest BCUT2D eigenvalue weighted by Gasteiger charge is -2.30. The number of rotatable bonds is 4. The summed E-state index contributed by atoms with van der Waals surface area (Å²) in [6, 6.07) is 4.91. The van der Waals surface area contributed by atoms with Crippen LogP contribution in [0.1, 0.15) is 43.7 Å². The van der Waals surface area contributed by atoms with Crippen molar-refractivity contribution in [2.24, 2.45) is 0 Å². The molecule has 0 N–H and O–H groups in total. The van der Waals surface area contributed by atoms with Crippen LogP contribution < -0.4 is 0 Å². The minimum atomic E-state index is 0.610. The van der Waals surface area contributed by atoms with Crippen molar-refractivity contribution >= 4 is 0 Å². The van der Waals surface area contributed by atoms with Crippen molar-refractivity contribution in [1.29, 1.82) is 0 Å². The molecule has 0 aliphatic carbocycles. The van der Waals surface area contributed by atoms with E-state index in [-0.39, 0.29) is 0 Å². The fourth-order valence-corrected chi connectivity index (χ4v) is 3.50. The van der Waals surface area contributed by atoms with E-state index < -0.39 is 0 Å². The second-order valence-corrected chi connectivity index (χ2v) is 5.88. The summed E-state index contributed by atoms with van der Waals surface area (Å²) in [6.07, 6.45) is 10.8. The van der Waals surface area contributed by atoms with Crippen LogP contribution in [0.5, 0.6) is 0 Å². The van der Waals surface area contributed by atoms with Crippen molar-refractivity contribution in [1.82, 2.24) is 14.8 Å². The lowest BCUT2D eigenvalue weighted by molar-refractivity contribution is 0.174. The highest BCUT2D eigenvalue weighted by Crippen LogP contribution is 2.30. The summed E-state index contributed by atoms with van der Waals surface area (Å²) in [6.45, 7) is 6.35. The first kappa shape index (κ1) is 13.1. The molecular weight excluding hydrogens is 234 g/mol. The Morgan fingerprint density at radius 3 is 2.74 bits per heavy atom. The minimum absolute atomic E-state index is 0.610. The van der Waals surface area contributed by atoms with Crippen LogP contribution in [0.4, 0.5) is 0 Å². The molecule has 3 nitrogen and oxygen atoms in total. The van der Waals surface area contributed by atoms with E-state index in [2.05, 4.69) is 26.9 Å². The van der Waals surface area contributed by atoms with Gasteiger partial charge in [0.1, 0.15) is 0 Å². The maximum absolute atomic E-state index is 4.28. The quantitative estimate of drug-likeness (QED) is 0.829. The van der Waals surface area contributed by atoms with E-state index in [9.17, 15) is 0 Å². The third-order valence-corrected chi connectivity index (χ3v) is 4.58. The van der Waals surface area contributed by atoms with Crippen LogP contribution in [0, 0.1) is 0 Å². The summed E-state index contributed by atoms with van der Waals surface area (Å²) in [5.41, 5.74) is 1.40. The molecule has 2 aliphatic rings. The molecule has 0 bridgehead atoms. The maximum Gasteiger partial charge on any atom is 0.0364 e. The number of piperidine rings is 1. The smallest absolute Gasteiger partial charge is 0.0364 e. The van der Waals surface area contributed by atoms with Crippen LogP contribution >= 0.6 is 0 Å². The lowest BCUT2D eigenvalue weighted by Crippen LogP contribution is -2.37. The molecule has 1 aromatic heterocycles. The second-order valence-electron chi connectivity index (χ2n) is 5.88. The summed E-state index contributed by atoms with van der Waals surface area (Å²) in [5, 5.41) is 0. The summed E-state index contributed by atoms with van der Waals surface area (Å²) >= 11 is 0. The van der Waals surface area contributed by atoms with Crippen LogP contribution in [0.25, 0.3) is 0 Å². The Balaban J connectivity index is 1.54. The van der Waals surface area contributed by atoms with Gasteiger partial charge in [-0.1, -0.05) is 12.5 Å². The van der Waals surface area contributed by atoms with E-state index in [1.165, 1.54) is 70.4 Å². The van der Waals surface area contributed by atoms with Gasteiger partial charge in [0.05, 0.1) is 0 Å². The van der Waals surface area contributed by atoms with Crippen molar-refractivity contribution in [2.75, 3.05) is 32.7 Å². The Hall–Kier alpha value is -0.930. The largest absolute Gasteiger partial charge is 0.302 e. The topological polar surface area (TPSA) is 19.4 Å². The van der Waals surface area contributed by atoms with Crippen molar-refractivity contribution in [3.8, 4) is 0 Å². The third kappa shape index (κ3) is 3.34. The van der Waals surface area contributed by atoms with E-state index in [0.29, 0.717) is 6.04 Å².